The van der Waals surface area contributed by atoms with E-state index in [2.05, 4.69) is 13.8 Å². The molecule has 0 saturated heterocycles. The molecule has 0 amide bonds. The molecule has 0 bridgehead atoms. The molecule has 2 N–H and O–H groups in total. The van der Waals surface area contributed by atoms with Crippen molar-refractivity contribution >= 4 is 49.7 Å². The molecule has 0 aliphatic heterocycles. The van der Waals surface area contributed by atoms with E-state index in [0.29, 0.717) is 0 Å². The fourth-order valence-corrected chi connectivity index (χ4v) is 1.09. The van der Waals surface area contributed by atoms with Crippen LogP contribution in [0.4, 0.5) is 0 Å². The van der Waals surface area contributed by atoms with Gasteiger partial charge >= 0.3 is 49.7 Å². The van der Waals surface area contributed by atoms with Gasteiger partial charge in [-0.1, -0.05) is 12.1 Å². The van der Waals surface area contributed by atoms with Crippen LogP contribution < -0.4 is 0 Å². The molecule has 22 heavy (non-hydrogen) atoms. The van der Waals surface area contributed by atoms with Crippen LogP contribution in [0.1, 0.15) is 17.5 Å². The van der Waals surface area contributed by atoms with Gasteiger partial charge in [0.2, 0.25) is 0 Å². The number of carboxylic acid groups (broad SMARTS) is 2. The molecule has 2 aromatic rings. The number of aliphatic carboxylic acids is 2. The van der Waals surface area contributed by atoms with E-state index >= 15 is 0 Å². The summed E-state index contributed by atoms with van der Waals surface area (Å²) in [5, 5.41) is 15.4. The van der Waals surface area contributed by atoms with Gasteiger partial charge in [0.15, 0.2) is 0 Å². The minimum atomic E-state index is -1.31. The second kappa shape index (κ2) is 14.3. The zero-order valence-corrected chi connectivity index (χ0v) is 14.5. The average Bonchev–Trinajstić information content (AvgIpc) is 2.40. The Morgan fingerprint density at radius 3 is 1.09 bits per heavy atom. The first-order valence-corrected chi connectivity index (χ1v) is 6.09. The number of carbonyl (C=O) groups is 2. The maximum absolute atomic E-state index is 9.43. The van der Waals surface area contributed by atoms with Gasteiger partial charge in [-0.2, -0.15) is 49.2 Å². The van der Waals surface area contributed by atoms with Crippen molar-refractivity contribution < 1.29 is 19.8 Å². The zero-order valence-electron chi connectivity index (χ0n) is 12.3. The van der Waals surface area contributed by atoms with Crippen LogP contribution in [0.5, 0.6) is 0 Å². The fourth-order valence-electron chi connectivity index (χ4n) is 1.09. The summed E-state index contributed by atoms with van der Waals surface area (Å²) in [6.07, 6.45) is -0.806. The van der Waals surface area contributed by atoms with Crippen molar-refractivity contribution in [1.82, 2.24) is 0 Å². The van der Waals surface area contributed by atoms with E-state index in [1.807, 2.05) is 60.7 Å². The summed E-state index contributed by atoms with van der Waals surface area (Å²) in [6.45, 7) is 7.44. The third kappa shape index (κ3) is 16.4. The second-order valence-electron chi connectivity index (χ2n) is 3.94. The molecule has 2 rings (SSSR count). The summed E-state index contributed by atoms with van der Waals surface area (Å²) >= 11 is 0. The van der Waals surface area contributed by atoms with Gasteiger partial charge < -0.3 is 10.2 Å². The molecule has 0 aromatic heterocycles. The van der Waals surface area contributed by atoms with Crippen LogP contribution >= 0.6 is 0 Å². The molecule has 0 fully saturated rings. The van der Waals surface area contributed by atoms with Gasteiger partial charge in [-0.15, -0.1) is 24.3 Å². The van der Waals surface area contributed by atoms with Crippen molar-refractivity contribution in [1.29, 1.82) is 0 Å². The molecule has 4 nitrogen and oxygen atoms in total. The van der Waals surface area contributed by atoms with Crippen molar-refractivity contribution in [2.75, 3.05) is 0 Å². The fraction of sp³-hybridized carbons (Fsp3) is 0.0588. The summed E-state index contributed by atoms with van der Waals surface area (Å²) in [5.41, 5.74) is 2.14. The molecule has 2 aromatic carbocycles. The second-order valence-corrected chi connectivity index (χ2v) is 3.94. The smallest absolute Gasteiger partial charge is 0.481 e. The van der Waals surface area contributed by atoms with Gasteiger partial charge in [0.05, 0.1) is 0 Å². The van der Waals surface area contributed by atoms with E-state index in [1.54, 1.807) is 0 Å². The Morgan fingerprint density at radius 2 is 1.00 bits per heavy atom. The third-order valence-electron chi connectivity index (χ3n) is 1.99. The first-order valence-electron chi connectivity index (χ1n) is 6.09. The molecule has 0 aliphatic carbocycles. The number of carboxylic acids is 2. The van der Waals surface area contributed by atoms with E-state index in [4.69, 9.17) is 10.2 Å². The summed E-state index contributed by atoms with van der Waals surface area (Å²) in [6, 6.07) is 19.7. The third-order valence-corrected chi connectivity index (χ3v) is 1.99. The maximum atomic E-state index is 9.43. The van der Waals surface area contributed by atoms with Crippen molar-refractivity contribution in [3.05, 3.63) is 85.6 Å². The van der Waals surface area contributed by atoms with Crippen LogP contribution in [-0.4, -0.2) is 59.9 Å². The summed E-state index contributed by atoms with van der Waals surface area (Å²) in [7, 11) is 0. The van der Waals surface area contributed by atoms with Crippen LogP contribution in [0.2, 0.25) is 0 Å². The van der Waals surface area contributed by atoms with Gasteiger partial charge in [0.25, 0.3) is 0 Å². The van der Waals surface area contributed by atoms with Gasteiger partial charge in [0, 0.05) is 0 Å². The van der Waals surface area contributed by atoms with Gasteiger partial charge in [-0.25, -0.2) is 0 Å². The molecular formula is C17H18CaO4. The Morgan fingerprint density at radius 1 is 0.727 bits per heavy atom. The Labute approximate surface area is 160 Å². The van der Waals surface area contributed by atoms with Crippen molar-refractivity contribution in [3.8, 4) is 0 Å². The Bertz CT molecular complexity index is 477. The summed E-state index contributed by atoms with van der Waals surface area (Å²) in [4.78, 5) is 18.9. The van der Waals surface area contributed by atoms with E-state index in [-0.39, 0.29) is 37.7 Å². The average molecular weight is 326 g/mol. The molecular weight excluding hydrogens is 308 g/mol. The monoisotopic (exact) mass is 326 g/mol. The maximum Gasteiger partial charge on any atom is 2.00 e. The minimum Gasteiger partial charge on any atom is -0.481 e. The topological polar surface area (TPSA) is 74.6 Å². The quantitative estimate of drug-likeness (QED) is 0.505. The van der Waals surface area contributed by atoms with E-state index in [0.717, 1.165) is 11.1 Å². The van der Waals surface area contributed by atoms with E-state index < -0.39 is 18.4 Å². The first-order chi connectivity index (χ1) is 9.91. The molecule has 0 spiro atoms. The van der Waals surface area contributed by atoms with Crippen LogP contribution in [0.3, 0.4) is 0 Å². The van der Waals surface area contributed by atoms with Crippen LogP contribution in [-0.2, 0) is 9.59 Å². The molecule has 0 radical (unpaired) electrons. The van der Waals surface area contributed by atoms with Crippen molar-refractivity contribution in [2.24, 2.45) is 0 Å². The summed E-state index contributed by atoms with van der Waals surface area (Å²) < 4.78 is 0. The van der Waals surface area contributed by atoms with Crippen molar-refractivity contribution in [2.45, 2.75) is 6.42 Å². The Balaban J connectivity index is 0. The van der Waals surface area contributed by atoms with Crippen LogP contribution in [0.15, 0.2) is 60.7 Å². The summed E-state index contributed by atoms with van der Waals surface area (Å²) in [5.74, 6) is -2.62. The number of hydrogen-bond donors (Lipinski definition) is 2. The molecule has 0 heterocycles. The molecule has 5 heteroatoms. The van der Waals surface area contributed by atoms with Gasteiger partial charge in [-0.3, -0.25) is 9.59 Å². The SMILES string of the molecule is O=C(O)CC(=O)O.[CH2-]c1ccccc1.[CH2-]c1ccccc1.[Ca+2]. The van der Waals surface area contributed by atoms with Crippen LogP contribution in [0.25, 0.3) is 0 Å². The first kappa shape index (κ1) is 22.7. The van der Waals surface area contributed by atoms with Gasteiger partial charge in [-0.05, 0) is 0 Å². The van der Waals surface area contributed by atoms with Crippen LogP contribution in [0, 0.1) is 13.8 Å². The molecule has 112 valence electrons. The normalized spacial score (nSPS) is 8.00. The standard InChI is InChI=1S/2C7H7.C3H4O4.Ca/c2*1-7-5-3-2-4-6-7;4-2(5)1-3(6)7;/h2*2-6H,1H2;1H2,(H,4,5)(H,6,7);/q2*-1;;+2. The molecule has 0 aliphatic rings. The molecule has 0 atom stereocenters. The number of hydrogen-bond acceptors (Lipinski definition) is 2. The predicted octanol–water partition coefficient (Wildman–Crippen LogP) is 2.90. The Kier molecular flexibility index (Phi) is 14.8. The number of benzene rings is 2. The molecule has 0 unspecified atom stereocenters. The van der Waals surface area contributed by atoms with E-state index in [9.17, 15) is 9.59 Å². The minimum absolute atomic E-state index is 0. The van der Waals surface area contributed by atoms with Crippen molar-refractivity contribution in [3.63, 3.8) is 0 Å². The molecule has 0 saturated carbocycles. The predicted molar refractivity (Wildman–Crippen MR) is 87.4 cm³/mol. The largest absolute Gasteiger partial charge is 2.00 e. The van der Waals surface area contributed by atoms with Gasteiger partial charge in [0.1, 0.15) is 6.42 Å². The Hall–Kier alpha value is -1.62. The number of rotatable bonds is 2. The zero-order chi connectivity index (χ0) is 16.1. The van der Waals surface area contributed by atoms with E-state index in [1.165, 1.54) is 0 Å².